The number of carbonyl (C=O) groups excluding carboxylic acids is 1. The minimum atomic E-state index is -0.345. The number of rotatable bonds is 6. The predicted octanol–water partition coefficient (Wildman–Crippen LogP) is 3.16. The number of hydrogen-bond donors (Lipinski definition) is 2. The Labute approximate surface area is 143 Å². The third-order valence-electron chi connectivity index (χ3n) is 3.15. The SMILES string of the molecule is CC(C)(Cc1ccc(Br)cc1)NC(=O)c1csc(CCN)n1. The number of benzene rings is 1. The quantitative estimate of drug-likeness (QED) is 0.807. The molecule has 2 aromatic rings. The van der Waals surface area contributed by atoms with Crippen LogP contribution in [0.1, 0.15) is 34.9 Å². The molecule has 1 aromatic heterocycles. The Balaban J connectivity index is 2.00. The van der Waals surface area contributed by atoms with Gasteiger partial charge in [-0.15, -0.1) is 11.3 Å². The van der Waals surface area contributed by atoms with Gasteiger partial charge in [-0.05, 0) is 44.5 Å². The van der Waals surface area contributed by atoms with Crippen molar-refractivity contribution in [3.05, 3.63) is 50.4 Å². The Morgan fingerprint density at radius 1 is 1.36 bits per heavy atom. The molecule has 1 aromatic carbocycles. The standard InChI is InChI=1S/C16H20BrN3OS/c1-16(2,9-11-3-5-12(17)6-4-11)20-15(21)13-10-22-14(19-13)7-8-18/h3-6,10H,7-9,18H2,1-2H3,(H,20,21). The molecule has 0 radical (unpaired) electrons. The van der Waals surface area contributed by atoms with Crippen LogP contribution in [0.15, 0.2) is 34.1 Å². The molecule has 0 aliphatic rings. The molecule has 3 N–H and O–H groups in total. The number of hydrogen-bond acceptors (Lipinski definition) is 4. The molecule has 22 heavy (non-hydrogen) atoms. The van der Waals surface area contributed by atoms with Crippen molar-refractivity contribution in [1.82, 2.24) is 10.3 Å². The van der Waals surface area contributed by atoms with Crippen LogP contribution in [-0.2, 0) is 12.8 Å². The summed E-state index contributed by atoms with van der Waals surface area (Å²) in [6.45, 7) is 4.57. The number of aromatic nitrogens is 1. The van der Waals surface area contributed by atoms with E-state index in [9.17, 15) is 4.79 Å². The molecular weight excluding hydrogens is 362 g/mol. The Morgan fingerprint density at radius 2 is 2.05 bits per heavy atom. The molecule has 1 amide bonds. The molecular formula is C16H20BrN3OS. The van der Waals surface area contributed by atoms with E-state index < -0.39 is 0 Å². The second-order valence-corrected chi connectivity index (χ2v) is 7.66. The van der Waals surface area contributed by atoms with Crippen molar-refractivity contribution in [3.8, 4) is 0 Å². The van der Waals surface area contributed by atoms with Crippen LogP contribution in [0, 0.1) is 0 Å². The number of nitrogens with two attached hydrogens (primary N) is 1. The van der Waals surface area contributed by atoms with Gasteiger partial charge in [-0.2, -0.15) is 0 Å². The van der Waals surface area contributed by atoms with Gasteiger partial charge in [-0.1, -0.05) is 28.1 Å². The molecule has 0 saturated heterocycles. The fraction of sp³-hybridized carbons (Fsp3) is 0.375. The third kappa shape index (κ3) is 4.90. The smallest absolute Gasteiger partial charge is 0.271 e. The summed E-state index contributed by atoms with van der Waals surface area (Å²) in [4.78, 5) is 16.6. The molecule has 0 atom stereocenters. The number of nitrogens with zero attached hydrogens (tertiary/aromatic N) is 1. The van der Waals surface area contributed by atoms with Gasteiger partial charge < -0.3 is 11.1 Å². The molecule has 118 valence electrons. The lowest BCUT2D eigenvalue weighted by atomic mass is 9.95. The zero-order chi connectivity index (χ0) is 16.2. The first-order valence-corrected chi connectivity index (χ1v) is 8.78. The van der Waals surface area contributed by atoms with E-state index in [0.29, 0.717) is 18.7 Å². The molecule has 0 spiro atoms. The summed E-state index contributed by atoms with van der Waals surface area (Å²) in [5.41, 5.74) is 6.81. The van der Waals surface area contributed by atoms with Crippen LogP contribution in [0.5, 0.6) is 0 Å². The van der Waals surface area contributed by atoms with Crippen LogP contribution in [0.25, 0.3) is 0 Å². The van der Waals surface area contributed by atoms with Gasteiger partial charge in [-0.3, -0.25) is 4.79 Å². The number of nitrogens with one attached hydrogen (secondary N) is 1. The van der Waals surface area contributed by atoms with E-state index >= 15 is 0 Å². The van der Waals surface area contributed by atoms with E-state index in [-0.39, 0.29) is 11.4 Å². The third-order valence-corrected chi connectivity index (χ3v) is 4.59. The average molecular weight is 382 g/mol. The Bertz CT molecular complexity index is 637. The normalized spacial score (nSPS) is 11.5. The Kier molecular flexibility index (Phi) is 5.72. The van der Waals surface area contributed by atoms with Gasteiger partial charge in [0.1, 0.15) is 5.69 Å². The molecule has 0 saturated carbocycles. The largest absolute Gasteiger partial charge is 0.345 e. The highest BCUT2D eigenvalue weighted by Gasteiger charge is 2.23. The molecule has 0 fully saturated rings. The molecule has 2 rings (SSSR count). The van der Waals surface area contributed by atoms with E-state index in [1.165, 1.54) is 16.9 Å². The monoisotopic (exact) mass is 381 g/mol. The molecule has 0 bridgehead atoms. The molecule has 1 heterocycles. The molecule has 0 aliphatic carbocycles. The minimum Gasteiger partial charge on any atom is -0.345 e. The lowest BCUT2D eigenvalue weighted by Crippen LogP contribution is -2.45. The summed E-state index contributed by atoms with van der Waals surface area (Å²) in [5.74, 6) is -0.137. The topological polar surface area (TPSA) is 68.0 Å². The predicted molar refractivity (Wildman–Crippen MR) is 94.3 cm³/mol. The summed E-state index contributed by atoms with van der Waals surface area (Å²) in [5, 5.41) is 5.74. The van der Waals surface area contributed by atoms with E-state index in [1.807, 2.05) is 26.0 Å². The second-order valence-electron chi connectivity index (χ2n) is 5.81. The Hall–Kier alpha value is -1.24. The van der Waals surface area contributed by atoms with Gasteiger partial charge in [0.2, 0.25) is 0 Å². The van der Waals surface area contributed by atoms with E-state index in [2.05, 4.69) is 38.4 Å². The molecule has 0 aliphatic heterocycles. The lowest BCUT2D eigenvalue weighted by Gasteiger charge is -2.26. The van der Waals surface area contributed by atoms with Crippen LogP contribution < -0.4 is 11.1 Å². The summed E-state index contributed by atoms with van der Waals surface area (Å²) in [6.07, 6.45) is 1.46. The van der Waals surface area contributed by atoms with Crippen molar-refractivity contribution in [2.24, 2.45) is 5.73 Å². The summed E-state index contributed by atoms with van der Waals surface area (Å²) < 4.78 is 1.05. The van der Waals surface area contributed by atoms with Crippen molar-refractivity contribution < 1.29 is 4.79 Å². The number of halogens is 1. The van der Waals surface area contributed by atoms with E-state index in [0.717, 1.165) is 15.9 Å². The van der Waals surface area contributed by atoms with Gasteiger partial charge in [0.15, 0.2) is 0 Å². The molecule has 4 nitrogen and oxygen atoms in total. The first-order valence-electron chi connectivity index (χ1n) is 7.11. The maximum Gasteiger partial charge on any atom is 0.271 e. The second kappa shape index (κ2) is 7.35. The molecule has 0 unspecified atom stereocenters. The summed E-state index contributed by atoms with van der Waals surface area (Å²) >= 11 is 4.90. The zero-order valence-corrected chi connectivity index (χ0v) is 15.1. The van der Waals surface area contributed by atoms with Crippen LogP contribution in [0.2, 0.25) is 0 Å². The fourth-order valence-corrected chi connectivity index (χ4v) is 3.24. The fourth-order valence-electron chi connectivity index (χ4n) is 2.18. The maximum atomic E-state index is 12.3. The van der Waals surface area contributed by atoms with E-state index in [4.69, 9.17) is 5.73 Å². The van der Waals surface area contributed by atoms with Gasteiger partial charge >= 0.3 is 0 Å². The highest BCUT2D eigenvalue weighted by Crippen LogP contribution is 2.17. The first kappa shape index (κ1) is 17.1. The summed E-state index contributed by atoms with van der Waals surface area (Å²) in [7, 11) is 0. The first-order chi connectivity index (χ1) is 10.4. The minimum absolute atomic E-state index is 0.137. The van der Waals surface area contributed by atoms with E-state index in [1.54, 1.807) is 5.38 Å². The number of thiazole rings is 1. The molecule has 6 heteroatoms. The van der Waals surface area contributed by atoms with Gasteiger partial charge in [-0.25, -0.2) is 4.98 Å². The average Bonchev–Trinajstić information content (AvgIpc) is 2.90. The van der Waals surface area contributed by atoms with Crippen LogP contribution >= 0.6 is 27.3 Å². The van der Waals surface area contributed by atoms with Gasteiger partial charge in [0.25, 0.3) is 5.91 Å². The van der Waals surface area contributed by atoms with Crippen LogP contribution in [0.3, 0.4) is 0 Å². The number of amides is 1. The van der Waals surface area contributed by atoms with Crippen LogP contribution in [0.4, 0.5) is 0 Å². The van der Waals surface area contributed by atoms with Crippen LogP contribution in [-0.4, -0.2) is 23.0 Å². The Morgan fingerprint density at radius 3 is 2.68 bits per heavy atom. The summed E-state index contributed by atoms with van der Waals surface area (Å²) in [6, 6.07) is 8.12. The number of carbonyl (C=O) groups is 1. The van der Waals surface area contributed by atoms with Crippen molar-refractivity contribution in [1.29, 1.82) is 0 Å². The van der Waals surface area contributed by atoms with Crippen molar-refractivity contribution in [2.45, 2.75) is 32.2 Å². The highest BCUT2D eigenvalue weighted by molar-refractivity contribution is 9.10. The zero-order valence-electron chi connectivity index (χ0n) is 12.7. The van der Waals surface area contributed by atoms with Gasteiger partial charge in [0.05, 0.1) is 5.01 Å². The highest BCUT2D eigenvalue weighted by atomic mass is 79.9. The van der Waals surface area contributed by atoms with Gasteiger partial charge in [0, 0.05) is 21.8 Å². The lowest BCUT2D eigenvalue weighted by molar-refractivity contribution is 0.0908. The van der Waals surface area contributed by atoms with Crippen molar-refractivity contribution >= 4 is 33.2 Å². The maximum absolute atomic E-state index is 12.3. The van der Waals surface area contributed by atoms with Crippen molar-refractivity contribution in [2.75, 3.05) is 6.54 Å². The van der Waals surface area contributed by atoms with Crippen molar-refractivity contribution in [3.63, 3.8) is 0 Å².